The summed E-state index contributed by atoms with van der Waals surface area (Å²) in [6, 6.07) is 2.68. The molecule has 1 aliphatic carbocycles. The Kier molecular flexibility index (Phi) is 5.40. The highest BCUT2D eigenvalue weighted by molar-refractivity contribution is 5.55. The third kappa shape index (κ3) is 4.11. The molecule has 2 N–H and O–H groups in total. The van der Waals surface area contributed by atoms with E-state index in [4.69, 9.17) is 4.98 Å². The summed E-state index contributed by atoms with van der Waals surface area (Å²) in [4.78, 5) is 16.7. The summed E-state index contributed by atoms with van der Waals surface area (Å²) in [6.07, 6.45) is 2.90. The molecule has 0 saturated carbocycles. The monoisotopic (exact) mass is 445 g/mol. The number of aromatic amines is 2. The highest BCUT2D eigenvalue weighted by atomic mass is 19.4. The number of aromatic nitrogens is 5. The summed E-state index contributed by atoms with van der Waals surface area (Å²) >= 11 is 0. The molecular weight excluding hydrogens is 419 g/mol. The van der Waals surface area contributed by atoms with E-state index in [-0.39, 0.29) is 6.04 Å². The second kappa shape index (κ2) is 8.23. The lowest BCUT2D eigenvalue weighted by atomic mass is 10.0. The molecule has 7 nitrogen and oxygen atoms in total. The van der Waals surface area contributed by atoms with Crippen molar-refractivity contribution in [2.75, 3.05) is 24.5 Å². The van der Waals surface area contributed by atoms with Crippen molar-refractivity contribution in [3.8, 4) is 11.5 Å². The Balaban J connectivity index is 1.25. The first-order chi connectivity index (χ1) is 15.4. The van der Waals surface area contributed by atoms with Gasteiger partial charge in [-0.2, -0.15) is 18.3 Å². The minimum atomic E-state index is -4.37. The molecule has 2 aliphatic rings. The molecule has 0 radical (unpaired) electrons. The Morgan fingerprint density at radius 1 is 1.16 bits per heavy atom. The maximum Gasteiger partial charge on any atom is 0.417 e. The van der Waals surface area contributed by atoms with Gasteiger partial charge in [-0.15, -0.1) is 0 Å². The minimum absolute atomic E-state index is 0.124. The van der Waals surface area contributed by atoms with E-state index in [0.717, 1.165) is 67.5 Å². The summed E-state index contributed by atoms with van der Waals surface area (Å²) in [6.45, 7) is 5.06. The Morgan fingerprint density at radius 2 is 2.00 bits per heavy atom. The molecule has 1 fully saturated rings. The first-order valence-electron chi connectivity index (χ1n) is 11.0. The van der Waals surface area contributed by atoms with Crippen LogP contribution in [0.1, 0.15) is 42.3 Å². The Labute approximate surface area is 184 Å². The van der Waals surface area contributed by atoms with Gasteiger partial charge in [0.25, 0.3) is 0 Å². The van der Waals surface area contributed by atoms with Gasteiger partial charge in [0.1, 0.15) is 11.5 Å². The number of piperazine rings is 1. The molecule has 170 valence electrons. The van der Waals surface area contributed by atoms with E-state index in [1.807, 2.05) is 6.20 Å². The molecule has 10 heteroatoms. The standard InChI is InChI=1S/C22H26F3N7/c1-14-12-31(8-9-32(14)19-7-6-16(11-26-19)22(23,24)25)13-15-10-27-30-20(15)21-28-17-4-2-3-5-18(17)29-21/h6-7,10-11,14H,2-5,8-9,12-13H2,1H3,(H,27,30)(H,28,29)/t14-/m1/s1. The Hall–Kier alpha value is -2.88. The number of hydrogen-bond donors (Lipinski definition) is 2. The van der Waals surface area contributed by atoms with Crippen LogP contribution in [0.15, 0.2) is 24.5 Å². The maximum atomic E-state index is 12.8. The topological polar surface area (TPSA) is 76.7 Å². The van der Waals surface area contributed by atoms with Gasteiger partial charge in [0.15, 0.2) is 5.82 Å². The predicted octanol–water partition coefficient (Wildman–Crippen LogP) is 3.80. The molecule has 3 aromatic rings. The number of fused-ring (bicyclic) bond motifs is 1. The minimum Gasteiger partial charge on any atom is -0.351 e. The third-order valence-corrected chi connectivity index (χ3v) is 6.37. The molecule has 0 spiro atoms. The summed E-state index contributed by atoms with van der Waals surface area (Å²) in [5, 5.41) is 7.43. The predicted molar refractivity (Wildman–Crippen MR) is 114 cm³/mol. The number of aryl methyl sites for hydroxylation is 2. The molecule has 3 aromatic heterocycles. The van der Waals surface area contributed by atoms with Crippen LogP contribution in [0.3, 0.4) is 0 Å². The SMILES string of the molecule is C[C@@H]1CN(Cc2c[nH]nc2-c2nc3c([nH]2)CCCC3)CCN1c1ccc(C(F)(F)F)cn1. The van der Waals surface area contributed by atoms with Crippen LogP contribution >= 0.6 is 0 Å². The quantitative estimate of drug-likeness (QED) is 0.639. The molecular formula is C22H26F3N7. The Morgan fingerprint density at radius 3 is 2.72 bits per heavy atom. The third-order valence-electron chi connectivity index (χ3n) is 6.37. The number of anilines is 1. The van der Waals surface area contributed by atoms with E-state index in [0.29, 0.717) is 12.4 Å². The van der Waals surface area contributed by atoms with Crippen LogP contribution in [0.25, 0.3) is 11.5 Å². The number of halogens is 3. The summed E-state index contributed by atoms with van der Waals surface area (Å²) in [7, 11) is 0. The van der Waals surface area contributed by atoms with E-state index >= 15 is 0 Å². The first kappa shape index (κ1) is 21.0. The van der Waals surface area contributed by atoms with E-state index < -0.39 is 11.7 Å². The zero-order chi connectivity index (χ0) is 22.3. The normalized spacial score (nSPS) is 19.9. The number of nitrogens with zero attached hydrogens (tertiary/aromatic N) is 5. The Bertz CT molecular complexity index is 1050. The van der Waals surface area contributed by atoms with Crippen molar-refractivity contribution in [3.05, 3.63) is 47.0 Å². The lowest BCUT2D eigenvalue weighted by Gasteiger charge is -2.40. The van der Waals surface area contributed by atoms with Gasteiger partial charge in [-0.1, -0.05) is 0 Å². The van der Waals surface area contributed by atoms with Gasteiger partial charge in [0.05, 0.1) is 11.3 Å². The average Bonchev–Trinajstić information content (AvgIpc) is 3.40. The molecule has 32 heavy (non-hydrogen) atoms. The fraction of sp³-hybridized carbons (Fsp3) is 0.500. The van der Waals surface area contributed by atoms with Crippen LogP contribution < -0.4 is 4.90 Å². The summed E-state index contributed by atoms with van der Waals surface area (Å²) in [5.74, 6) is 1.41. The smallest absolute Gasteiger partial charge is 0.351 e. The molecule has 1 atom stereocenters. The number of H-pyrrole nitrogens is 2. The maximum absolute atomic E-state index is 12.8. The molecule has 0 bridgehead atoms. The van der Waals surface area contributed by atoms with Gasteiger partial charge in [0.2, 0.25) is 0 Å². The van der Waals surface area contributed by atoms with E-state index in [1.165, 1.54) is 24.6 Å². The number of rotatable bonds is 4. The molecule has 1 saturated heterocycles. The zero-order valence-corrected chi connectivity index (χ0v) is 17.9. The van der Waals surface area contributed by atoms with E-state index in [1.54, 1.807) is 0 Å². The van der Waals surface area contributed by atoms with E-state index in [9.17, 15) is 13.2 Å². The fourth-order valence-electron chi connectivity index (χ4n) is 4.69. The number of pyridine rings is 1. The number of imidazole rings is 1. The van der Waals surface area contributed by atoms with Crippen molar-refractivity contribution in [1.29, 1.82) is 0 Å². The van der Waals surface area contributed by atoms with Crippen LogP contribution in [0.4, 0.5) is 19.0 Å². The number of hydrogen-bond acceptors (Lipinski definition) is 5. The lowest BCUT2D eigenvalue weighted by Crippen LogP contribution is -2.51. The van der Waals surface area contributed by atoms with Crippen molar-refractivity contribution in [2.45, 2.75) is 51.4 Å². The second-order valence-corrected chi connectivity index (χ2v) is 8.66. The molecule has 1 aliphatic heterocycles. The van der Waals surface area contributed by atoms with Gasteiger partial charge in [-0.05, 0) is 44.7 Å². The van der Waals surface area contributed by atoms with Gasteiger partial charge >= 0.3 is 6.18 Å². The van der Waals surface area contributed by atoms with Crippen molar-refractivity contribution < 1.29 is 13.2 Å². The zero-order valence-electron chi connectivity index (χ0n) is 17.9. The molecule has 0 unspecified atom stereocenters. The summed E-state index contributed by atoms with van der Waals surface area (Å²) in [5.41, 5.74) is 3.61. The molecule has 0 aromatic carbocycles. The van der Waals surface area contributed by atoms with Crippen molar-refractivity contribution in [2.24, 2.45) is 0 Å². The van der Waals surface area contributed by atoms with Crippen LogP contribution in [0.5, 0.6) is 0 Å². The summed E-state index contributed by atoms with van der Waals surface area (Å²) < 4.78 is 38.5. The van der Waals surface area contributed by atoms with Crippen LogP contribution in [-0.2, 0) is 25.6 Å². The van der Waals surface area contributed by atoms with Gasteiger partial charge in [0, 0.05) is 55.9 Å². The van der Waals surface area contributed by atoms with Crippen molar-refractivity contribution >= 4 is 5.82 Å². The largest absolute Gasteiger partial charge is 0.417 e. The van der Waals surface area contributed by atoms with Crippen molar-refractivity contribution in [3.63, 3.8) is 0 Å². The lowest BCUT2D eigenvalue weighted by molar-refractivity contribution is -0.137. The van der Waals surface area contributed by atoms with Gasteiger partial charge in [-0.3, -0.25) is 10.00 Å². The highest BCUT2D eigenvalue weighted by Crippen LogP contribution is 2.30. The first-order valence-corrected chi connectivity index (χ1v) is 11.0. The molecule has 4 heterocycles. The van der Waals surface area contributed by atoms with E-state index in [2.05, 4.69) is 36.9 Å². The number of alkyl halides is 3. The van der Waals surface area contributed by atoms with Gasteiger partial charge < -0.3 is 9.88 Å². The van der Waals surface area contributed by atoms with Gasteiger partial charge in [-0.25, -0.2) is 9.97 Å². The fourth-order valence-corrected chi connectivity index (χ4v) is 4.69. The average molecular weight is 445 g/mol. The number of nitrogens with one attached hydrogen (secondary N) is 2. The second-order valence-electron chi connectivity index (χ2n) is 8.66. The highest BCUT2D eigenvalue weighted by Gasteiger charge is 2.32. The molecule has 0 amide bonds. The van der Waals surface area contributed by atoms with Crippen LogP contribution in [-0.4, -0.2) is 55.7 Å². The van der Waals surface area contributed by atoms with Crippen LogP contribution in [0, 0.1) is 0 Å². The van der Waals surface area contributed by atoms with Crippen LogP contribution in [0.2, 0.25) is 0 Å². The molecule has 5 rings (SSSR count). The van der Waals surface area contributed by atoms with Crippen molar-refractivity contribution in [1.82, 2.24) is 30.0 Å².